The van der Waals surface area contributed by atoms with Crippen molar-refractivity contribution < 1.29 is 4.74 Å². The summed E-state index contributed by atoms with van der Waals surface area (Å²) in [6, 6.07) is 1.83. The number of methoxy groups -OCH3 is 1. The van der Waals surface area contributed by atoms with E-state index in [9.17, 15) is 0 Å². The summed E-state index contributed by atoms with van der Waals surface area (Å²) in [7, 11) is 3.48. The molecular formula is C6H10N2O. The first kappa shape index (κ1) is 6.01. The molecule has 1 aromatic rings. The van der Waals surface area contributed by atoms with E-state index < -0.39 is 0 Å². The van der Waals surface area contributed by atoms with E-state index in [1.165, 1.54) is 0 Å². The molecule has 0 fully saturated rings. The van der Waals surface area contributed by atoms with Gasteiger partial charge < -0.3 is 15.0 Å². The minimum Gasteiger partial charge on any atom is -0.493 e. The van der Waals surface area contributed by atoms with Gasteiger partial charge >= 0.3 is 0 Å². The van der Waals surface area contributed by atoms with Gasteiger partial charge in [0.15, 0.2) is 5.75 Å². The lowest BCUT2D eigenvalue weighted by molar-refractivity contribution is 0.417. The standard InChI is InChI=1S/C6H10N2O/c1-8-4-3-5(9-2)6(8)7/h3-4H,7H2,1-2H3. The highest BCUT2D eigenvalue weighted by atomic mass is 16.5. The third kappa shape index (κ3) is 0.850. The average molecular weight is 126 g/mol. The van der Waals surface area contributed by atoms with Crippen molar-refractivity contribution in [3.63, 3.8) is 0 Å². The molecule has 2 N–H and O–H groups in total. The van der Waals surface area contributed by atoms with Crippen molar-refractivity contribution in [2.24, 2.45) is 7.05 Å². The smallest absolute Gasteiger partial charge is 0.160 e. The molecule has 0 unspecified atom stereocenters. The Bertz CT molecular complexity index is 205. The molecule has 0 atom stereocenters. The predicted molar refractivity (Wildman–Crippen MR) is 36.4 cm³/mol. The van der Waals surface area contributed by atoms with Crippen molar-refractivity contribution in [2.75, 3.05) is 12.8 Å². The Morgan fingerprint density at radius 2 is 2.33 bits per heavy atom. The highest BCUT2D eigenvalue weighted by Gasteiger charge is 1.99. The van der Waals surface area contributed by atoms with Crippen LogP contribution in [0.5, 0.6) is 5.75 Å². The lowest BCUT2D eigenvalue weighted by atomic mass is 10.5. The number of nitrogens with zero attached hydrogens (tertiary/aromatic N) is 1. The van der Waals surface area contributed by atoms with Gasteiger partial charge in [-0.05, 0) is 0 Å². The molecule has 0 saturated heterocycles. The Labute approximate surface area is 54.0 Å². The minimum absolute atomic E-state index is 0.664. The maximum atomic E-state index is 5.55. The van der Waals surface area contributed by atoms with E-state index in [4.69, 9.17) is 10.5 Å². The first-order chi connectivity index (χ1) is 4.25. The van der Waals surface area contributed by atoms with Gasteiger partial charge in [-0.2, -0.15) is 0 Å². The molecule has 1 heterocycles. The number of aryl methyl sites for hydroxylation is 1. The summed E-state index contributed by atoms with van der Waals surface area (Å²) in [6.45, 7) is 0. The van der Waals surface area contributed by atoms with Crippen LogP contribution in [-0.4, -0.2) is 11.7 Å². The third-order valence-electron chi connectivity index (χ3n) is 1.30. The van der Waals surface area contributed by atoms with Gasteiger partial charge in [-0.25, -0.2) is 0 Å². The van der Waals surface area contributed by atoms with Crippen molar-refractivity contribution in [3.8, 4) is 5.75 Å². The van der Waals surface area contributed by atoms with E-state index >= 15 is 0 Å². The number of hydrogen-bond acceptors (Lipinski definition) is 2. The third-order valence-corrected chi connectivity index (χ3v) is 1.30. The number of nitrogens with two attached hydrogens (primary N) is 1. The molecule has 0 aliphatic rings. The molecule has 0 saturated carbocycles. The van der Waals surface area contributed by atoms with Gasteiger partial charge in [-0.15, -0.1) is 0 Å². The second kappa shape index (κ2) is 2.01. The van der Waals surface area contributed by atoms with Crippen molar-refractivity contribution >= 4 is 5.82 Å². The van der Waals surface area contributed by atoms with Crippen molar-refractivity contribution in [2.45, 2.75) is 0 Å². The Kier molecular flexibility index (Phi) is 1.34. The maximum Gasteiger partial charge on any atom is 0.160 e. The normalized spacial score (nSPS) is 9.56. The van der Waals surface area contributed by atoms with Gasteiger partial charge in [0.05, 0.1) is 7.11 Å². The first-order valence-corrected chi connectivity index (χ1v) is 2.70. The molecule has 1 aromatic heterocycles. The number of rotatable bonds is 1. The highest BCUT2D eigenvalue weighted by molar-refractivity contribution is 5.47. The topological polar surface area (TPSA) is 40.2 Å². The van der Waals surface area contributed by atoms with Crippen LogP contribution in [-0.2, 0) is 7.05 Å². The summed E-state index contributed by atoms with van der Waals surface area (Å²) in [5.41, 5.74) is 5.55. The van der Waals surface area contributed by atoms with Crippen LogP contribution in [0.4, 0.5) is 5.82 Å². The monoisotopic (exact) mass is 126 g/mol. The van der Waals surface area contributed by atoms with Gasteiger partial charge in [0.1, 0.15) is 5.82 Å². The molecule has 0 spiro atoms. The zero-order chi connectivity index (χ0) is 6.85. The van der Waals surface area contributed by atoms with Crippen LogP contribution in [0, 0.1) is 0 Å². The molecule has 3 heteroatoms. The summed E-state index contributed by atoms with van der Waals surface area (Å²) in [6.07, 6.45) is 1.86. The van der Waals surface area contributed by atoms with Crippen LogP contribution in [0.3, 0.4) is 0 Å². The van der Waals surface area contributed by atoms with Gasteiger partial charge in [-0.3, -0.25) is 0 Å². The van der Waals surface area contributed by atoms with Crippen molar-refractivity contribution in [1.82, 2.24) is 4.57 Å². The van der Waals surface area contributed by atoms with E-state index in [0.717, 1.165) is 5.75 Å². The second-order valence-corrected chi connectivity index (χ2v) is 1.88. The summed E-state index contributed by atoms with van der Waals surface area (Å²) < 4.78 is 6.72. The second-order valence-electron chi connectivity index (χ2n) is 1.88. The van der Waals surface area contributed by atoms with Crippen LogP contribution in [0.15, 0.2) is 12.3 Å². The molecular weight excluding hydrogens is 116 g/mol. The van der Waals surface area contributed by atoms with Crippen LogP contribution < -0.4 is 10.5 Å². The summed E-state index contributed by atoms with van der Waals surface area (Å²) in [5.74, 6) is 1.40. The summed E-state index contributed by atoms with van der Waals surface area (Å²) in [5, 5.41) is 0. The largest absolute Gasteiger partial charge is 0.493 e. The minimum atomic E-state index is 0.664. The molecule has 9 heavy (non-hydrogen) atoms. The Balaban J connectivity index is 3.04. The van der Waals surface area contributed by atoms with Crippen LogP contribution in [0.1, 0.15) is 0 Å². The number of hydrogen-bond donors (Lipinski definition) is 1. The summed E-state index contributed by atoms with van der Waals surface area (Å²) in [4.78, 5) is 0. The molecule has 0 radical (unpaired) electrons. The maximum absolute atomic E-state index is 5.55. The quantitative estimate of drug-likeness (QED) is 0.599. The molecule has 0 aliphatic carbocycles. The van der Waals surface area contributed by atoms with Crippen molar-refractivity contribution in [3.05, 3.63) is 12.3 Å². The number of aromatic nitrogens is 1. The van der Waals surface area contributed by atoms with Gasteiger partial charge in [0.2, 0.25) is 0 Å². The number of anilines is 1. The first-order valence-electron chi connectivity index (χ1n) is 2.70. The van der Waals surface area contributed by atoms with E-state index in [1.807, 2.05) is 19.3 Å². The molecule has 0 bridgehead atoms. The SMILES string of the molecule is COc1ccn(C)c1N. The van der Waals surface area contributed by atoms with Gasteiger partial charge in [0, 0.05) is 19.3 Å². The Hall–Kier alpha value is -1.12. The van der Waals surface area contributed by atoms with Gasteiger partial charge in [0.25, 0.3) is 0 Å². The van der Waals surface area contributed by atoms with E-state index in [2.05, 4.69) is 0 Å². The highest BCUT2D eigenvalue weighted by Crippen LogP contribution is 2.19. The fraction of sp³-hybridized carbons (Fsp3) is 0.333. The Morgan fingerprint density at radius 3 is 2.56 bits per heavy atom. The van der Waals surface area contributed by atoms with E-state index in [1.54, 1.807) is 11.7 Å². The molecule has 1 rings (SSSR count). The summed E-state index contributed by atoms with van der Waals surface area (Å²) >= 11 is 0. The van der Waals surface area contributed by atoms with E-state index in [-0.39, 0.29) is 0 Å². The molecule has 0 aliphatic heterocycles. The fourth-order valence-electron chi connectivity index (χ4n) is 0.692. The number of nitrogen functional groups attached to an aromatic ring is 1. The van der Waals surface area contributed by atoms with Gasteiger partial charge in [-0.1, -0.05) is 0 Å². The molecule has 3 nitrogen and oxygen atoms in total. The van der Waals surface area contributed by atoms with Crippen molar-refractivity contribution in [1.29, 1.82) is 0 Å². The van der Waals surface area contributed by atoms with Crippen LogP contribution in [0.25, 0.3) is 0 Å². The predicted octanol–water partition coefficient (Wildman–Crippen LogP) is 0.616. The Morgan fingerprint density at radius 1 is 1.67 bits per heavy atom. The van der Waals surface area contributed by atoms with Crippen LogP contribution >= 0.6 is 0 Å². The number of ether oxygens (including phenoxy) is 1. The lowest BCUT2D eigenvalue weighted by Gasteiger charge is -1.97. The fourth-order valence-corrected chi connectivity index (χ4v) is 0.692. The van der Waals surface area contributed by atoms with Crippen LogP contribution in [0.2, 0.25) is 0 Å². The average Bonchev–Trinajstić information content (AvgIpc) is 2.15. The molecule has 50 valence electrons. The van der Waals surface area contributed by atoms with E-state index in [0.29, 0.717) is 5.82 Å². The molecule has 0 amide bonds. The zero-order valence-electron chi connectivity index (χ0n) is 5.59. The lowest BCUT2D eigenvalue weighted by Crippen LogP contribution is -1.95. The zero-order valence-corrected chi connectivity index (χ0v) is 5.59. The molecule has 0 aromatic carbocycles.